The Morgan fingerprint density at radius 2 is 1.86 bits per heavy atom. The fourth-order valence-electron chi connectivity index (χ4n) is 3.44. The molecule has 1 saturated heterocycles. The van der Waals surface area contributed by atoms with E-state index >= 15 is 0 Å². The van der Waals surface area contributed by atoms with E-state index in [0.717, 1.165) is 42.8 Å². The summed E-state index contributed by atoms with van der Waals surface area (Å²) >= 11 is 0. The molecule has 2 aromatic carbocycles. The van der Waals surface area contributed by atoms with Crippen LogP contribution in [0, 0.1) is 6.92 Å². The van der Waals surface area contributed by atoms with Crippen LogP contribution < -0.4 is 10.1 Å². The summed E-state index contributed by atoms with van der Waals surface area (Å²) in [5.41, 5.74) is 3.78. The Labute approximate surface area is 173 Å². The summed E-state index contributed by atoms with van der Waals surface area (Å²) in [6, 6.07) is 13.6. The van der Waals surface area contributed by atoms with Crippen LogP contribution in [0.25, 0.3) is 0 Å². The van der Waals surface area contributed by atoms with Crippen molar-refractivity contribution in [3.05, 3.63) is 64.7 Å². The molecule has 0 aliphatic carbocycles. The molecule has 5 nitrogen and oxygen atoms in total. The molecule has 1 heterocycles. The molecule has 29 heavy (non-hydrogen) atoms. The lowest BCUT2D eigenvalue weighted by Crippen LogP contribution is -2.29. The molecule has 0 spiro atoms. The van der Waals surface area contributed by atoms with Gasteiger partial charge < -0.3 is 15.0 Å². The van der Waals surface area contributed by atoms with E-state index in [9.17, 15) is 9.59 Å². The smallest absolute Gasteiger partial charge is 0.258 e. The van der Waals surface area contributed by atoms with Crippen LogP contribution in [0.3, 0.4) is 0 Å². The van der Waals surface area contributed by atoms with E-state index in [1.807, 2.05) is 48.2 Å². The third kappa shape index (κ3) is 5.59. The SMILES string of the molecule is Cc1ccc(C(C)C)cc1OCC(=O)NCc1cccc(C(=O)N2CCCC2)c1. The number of ether oxygens (including phenoxy) is 1. The summed E-state index contributed by atoms with van der Waals surface area (Å²) < 4.78 is 5.73. The minimum absolute atomic E-state index is 0.0329. The van der Waals surface area contributed by atoms with Gasteiger partial charge in [0.25, 0.3) is 11.8 Å². The highest BCUT2D eigenvalue weighted by Gasteiger charge is 2.19. The minimum atomic E-state index is -0.185. The molecular weight excluding hydrogens is 364 g/mol. The maximum Gasteiger partial charge on any atom is 0.258 e. The maximum atomic E-state index is 12.5. The average molecular weight is 395 g/mol. The minimum Gasteiger partial charge on any atom is -0.483 e. The van der Waals surface area contributed by atoms with Gasteiger partial charge in [0.15, 0.2) is 6.61 Å². The van der Waals surface area contributed by atoms with Crippen molar-refractivity contribution in [2.75, 3.05) is 19.7 Å². The van der Waals surface area contributed by atoms with Gasteiger partial charge in [0.05, 0.1) is 0 Å². The van der Waals surface area contributed by atoms with Crippen LogP contribution in [0.15, 0.2) is 42.5 Å². The molecule has 1 aliphatic rings. The number of aryl methyl sites for hydroxylation is 1. The molecule has 2 aromatic rings. The molecule has 154 valence electrons. The summed E-state index contributed by atoms with van der Waals surface area (Å²) in [6.45, 7) is 8.22. The van der Waals surface area contributed by atoms with E-state index in [2.05, 4.69) is 25.2 Å². The van der Waals surface area contributed by atoms with Crippen molar-refractivity contribution in [1.82, 2.24) is 10.2 Å². The van der Waals surface area contributed by atoms with Gasteiger partial charge in [-0.05, 0) is 60.6 Å². The predicted molar refractivity (Wildman–Crippen MR) is 114 cm³/mol. The predicted octanol–water partition coefficient (Wildman–Crippen LogP) is 4.05. The molecule has 3 rings (SSSR count). The molecule has 0 atom stereocenters. The number of rotatable bonds is 7. The average Bonchev–Trinajstić information content (AvgIpc) is 3.26. The van der Waals surface area contributed by atoms with Gasteiger partial charge in [0, 0.05) is 25.2 Å². The van der Waals surface area contributed by atoms with Crippen molar-refractivity contribution < 1.29 is 14.3 Å². The number of nitrogens with zero attached hydrogens (tertiary/aromatic N) is 1. The van der Waals surface area contributed by atoms with Gasteiger partial charge in [-0.2, -0.15) is 0 Å². The van der Waals surface area contributed by atoms with E-state index < -0.39 is 0 Å². The van der Waals surface area contributed by atoms with E-state index in [1.54, 1.807) is 0 Å². The highest BCUT2D eigenvalue weighted by atomic mass is 16.5. The van der Waals surface area contributed by atoms with Crippen LogP contribution in [0.2, 0.25) is 0 Å². The van der Waals surface area contributed by atoms with Gasteiger partial charge >= 0.3 is 0 Å². The van der Waals surface area contributed by atoms with Crippen LogP contribution in [0.1, 0.15) is 59.7 Å². The van der Waals surface area contributed by atoms with Crippen LogP contribution in [-0.4, -0.2) is 36.4 Å². The van der Waals surface area contributed by atoms with Crippen molar-refractivity contribution in [2.24, 2.45) is 0 Å². The quantitative estimate of drug-likeness (QED) is 0.771. The summed E-state index contributed by atoms with van der Waals surface area (Å²) in [5, 5.41) is 2.87. The first-order valence-corrected chi connectivity index (χ1v) is 10.3. The van der Waals surface area contributed by atoms with E-state index in [0.29, 0.717) is 18.0 Å². The maximum absolute atomic E-state index is 12.5. The molecule has 1 aliphatic heterocycles. The zero-order valence-corrected chi connectivity index (χ0v) is 17.5. The van der Waals surface area contributed by atoms with E-state index in [-0.39, 0.29) is 18.4 Å². The number of benzene rings is 2. The highest BCUT2D eigenvalue weighted by molar-refractivity contribution is 5.94. The normalized spacial score (nSPS) is 13.6. The van der Waals surface area contributed by atoms with Crippen molar-refractivity contribution in [2.45, 2.75) is 46.1 Å². The number of hydrogen-bond acceptors (Lipinski definition) is 3. The standard InChI is InChI=1S/C24H30N2O3/c1-17(2)20-10-9-18(3)22(14-20)29-16-23(27)25-15-19-7-6-8-21(13-19)24(28)26-11-4-5-12-26/h6-10,13-14,17H,4-5,11-12,15-16H2,1-3H3,(H,25,27). The molecule has 0 unspecified atom stereocenters. The Morgan fingerprint density at radius 3 is 2.59 bits per heavy atom. The van der Waals surface area contributed by atoms with E-state index in [1.165, 1.54) is 5.56 Å². The number of hydrogen-bond donors (Lipinski definition) is 1. The number of amides is 2. The first-order chi connectivity index (χ1) is 13.9. The lowest BCUT2D eigenvalue weighted by molar-refractivity contribution is -0.123. The topological polar surface area (TPSA) is 58.6 Å². The Hall–Kier alpha value is -2.82. The number of nitrogens with one attached hydrogen (secondary N) is 1. The van der Waals surface area contributed by atoms with Crippen molar-refractivity contribution >= 4 is 11.8 Å². The summed E-state index contributed by atoms with van der Waals surface area (Å²) in [6.07, 6.45) is 2.14. The number of likely N-dealkylation sites (tertiary alicyclic amines) is 1. The van der Waals surface area contributed by atoms with Crippen molar-refractivity contribution in [3.8, 4) is 5.75 Å². The van der Waals surface area contributed by atoms with Gasteiger partial charge in [0.1, 0.15) is 5.75 Å². The molecule has 0 bridgehead atoms. The lowest BCUT2D eigenvalue weighted by atomic mass is 10.0. The molecule has 1 N–H and O–H groups in total. The van der Waals surface area contributed by atoms with Gasteiger partial charge in [0.2, 0.25) is 0 Å². The fraction of sp³-hybridized carbons (Fsp3) is 0.417. The fourth-order valence-corrected chi connectivity index (χ4v) is 3.44. The Morgan fingerprint density at radius 1 is 1.10 bits per heavy atom. The van der Waals surface area contributed by atoms with Crippen LogP contribution >= 0.6 is 0 Å². The number of carbonyl (C=O) groups excluding carboxylic acids is 2. The zero-order valence-electron chi connectivity index (χ0n) is 17.5. The Balaban J connectivity index is 1.53. The first-order valence-electron chi connectivity index (χ1n) is 10.3. The van der Waals surface area contributed by atoms with Crippen molar-refractivity contribution in [1.29, 1.82) is 0 Å². The van der Waals surface area contributed by atoms with Gasteiger partial charge in [-0.3, -0.25) is 9.59 Å². The molecule has 0 radical (unpaired) electrons. The summed E-state index contributed by atoms with van der Waals surface area (Å²) in [5.74, 6) is 1.03. The zero-order chi connectivity index (χ0) is 20.8. The van der Waals surface area contributed by atoms with Gasteiger partial charge in [-0.1, -0.05) is 38.1 Å². The summed E-state index contributed by atoms with van der Waals surface area (Å²) in [4.78, 5) is 26.6. The second kappa shape index (κ2) is 9.59. The second-order valence-electron chi connectivity index (χ2n) is 7.94. The third-order valence-electron chi connectivity index (χ3n) is 5.29. The first kappa shape index (κ1) is 20.9. The molecular formula is C24H30N2O3. The van der Waals surface area contributed by atoms with Gasteiger partial charge in [-0.15, -0.1) is 0 Å². The molecule has 1 fully saturated rings. The van der Waals surface area contributed by atoms with Crippen molar-refractivity contribution in [3.63, 3.8) is 0 Å². The third-order valence-corrected chi connectivity index (χ3v) is 5.29. The molecule has 0 aromatic heterocycles. The molecule has 0 saturated carbocycles. The monoisotopic (exact) mass is 394 g/mol. The lowest BCUT2D eigenvalue weighted by Gasteiger charge is -2.16. The van der Waals surface area contributed by atoms with Crippen LogP contribution in [-0.2, 0) is 11.3 Å². The van der Waals surface area contributed by atoms with Crippen LogP contribution in [0.5, 0.6) is 5.75 Å². The number of carbonyl (C=O) groups is 2. The largest absolute Gasteiger partial charge is 0.483 e. The van der Waals surface area contributed by atoms with Gasteiger partial charge in [-0.25, -0.2) is 0 Å². The Kier molecular flexibility index (Phi) is 6.91. The summed E-state index contributed by atoms with van der Waals surface area (Å²) in [7, 11) is 0. The van der Waals surface area contributed by atoms with Crippen LogP contribution in [0.4, 0.5) is 0 Å². The Bertz CT molecular complexity index is 870. The van der Waals surface area contributed by atoms with E-state index in [4.69, 9.17) is 4.74 Å². The molecule has 2 amide bonds. The highest BCUT2D eigenvalue weighted by Crippen LogP contribution is 2.24. The second-order valence-corrected chi connectivity index (χ2v) is 7.94. The molecule has 5 heteroatoms.